The fourth-order valence-corrected chi connectivity index (χ4v) is 0.135. The number of hydroxylamine groups is 1. The second kappa shape index (κ2) is 2.78. The monoisotopic (exact) mass is 145 g/mol. The molecular weight excluding hydrogens is 143 g/mol. The zero-order chi connectivity index (χ0) is 6.62. The molecule has 0 aromatic rings. The molecule has 0 aromatic carbocycles. The summed E-state index contributed by atoms with van der Waals surface area (Å²) in [7, 11) is 0. The van der Waals surface area contributed by atoms with Gasteiger partial charge in [0.25, 0.3) is 0 Å². The zero-order valence-corrected chi connectivity index (χ0v) is 4.28. The molecule has 0 spiro atoms. The van der Waals surface area contributed by atoms with Gasteiger partial charge in [0.1, 0.15) is 0 Å². The number of nitrogens with one attached hydrogen (secondary N) is 1. The number of carbonyl (C=O) groups excluding carboxylic acids is 1. The summed E-state index contributed by atoms with van der Waals surface area (Å²) in [5.41, 5.74) is -2.59. The quantitative estimate of drug-likeness (QED) is 0.356. The maximum atomic E-state index is 11.2. The summed E-state index contributed by atoms with van der Waals surface area (Å²) in [4.78, 5) is 12.4. The normalized spacial score (nSPS) is 10.9. The Balaban J connectivity index is 3.24. The van der Waals surface area contributed by atoms with Crippen LogP contribution in [0.15, 0.2) is 0 Å². The predicted molar refractivity (Wildman–Crippen MR) is 21.1 cm³/mol. The van der Waals surface area contributed by atoms with E-state index < -0.39 is 5.57 Å². The molecule has 0 rings (SSSR count). The molecule has 3 nitrogen and oxygen atoms in total. The minimum absolute atomic E-state index is 0.0592. The summed E-state index contributed by atoms with van der Waals surface area (Å²) in [6, 6.07) is 0. The Bertz CT molecular complexity index is 82.6. The van der Waals surface area contributed by atoms with Gasteiger partial charge < -0.3 is 0 Å². The van der Waals surface area contributed by atoms with Crippen molar-refractivity contribution < 1.29 is 18.4 Å². The Hall–Kier alpha value is -0.420. The Morgan fingerprint density at radius 3 is 2.38 bits per heavy atom. The number of halogens is 3. The molecule has 0 saturated carbocycles. The van der Waals surface area contributed by atoms with Crippen molar-refractivity contribution in [2.24, 2.45) is 0 Å². The van der Waals surface area contributed by atoms with E-state index in [9.17, 15) is 13.6 Å². The molecule has 8 heavy (non-hydrogen) atoms. The van der Waals surface area contributed by atoms with Crippen LogP contribution in [0, 0.1) is 0 Å². The summed E-state index contributed by atoms with van der Waals surface area (Å²) in [6.07, 6.45) is -0.0592. The molecule has 0 aromatic heterocycles. The Labute approximate surface area is 48.5 Å². The molecule has 1 N–H and O–H groups in total. The number of amides is 1. The van der Waals surface area contributed by atoms with Gasteiger partial charge in [-0.2, -0.15) is 13.6 Å². The van der Waals surface area contributed by atoms with E-state index in [1.807, 2.05) is 0 Å². The van der Waals surface area contributed by atoms with Crippen molar-refractivity contribution in [3.63, 3.8) is 0 Å². The molecule has 0 aliphatic carbocycles. The van der Waals surface area contributed by atoms with Crippen molar-refractivity contribution in [3.8, 4) is 0 Å². The highest BCUT2D eigenvalue weighted by Gasteiger charge is 2.25. The SMILES string of the molecule is O=CNOC(F)(F)Cl. The van der Waals surface area contributed by atoms with Crippen LogP contribution in [0.5, 0.6) is 0 Å². The Kier molecular flexibility index (Phi) is 2.64. The van der Waals surface area contributed by atoms with Crippen LogP contribution in [-0.2, 0) is 9.63 Å². The molecule has 0 bridgehead atoms. The Morgan fingerprint density at radius 1 is 1.75 bits per heavy atom. The number of hydrogen-bond acceptors (Lipinski definition) is 2. The standard InChI is InChI=1S/C2H2ClF2NO2/c3-2(4,5)8-6-1-7/h1H,(H,6,7). The topological polar surface area (TPSA) is 38.3 Å². The van der Waals surface area contributed by atoms with Gasteiger partial charge in [-0.05, 0) is 11.6 Å². The van der Waals surface area contributed by atoms with E-state index in [-0.39, 0.29) is 6.41 Å². The van der Waals surface area contributed by atoms with Gasteiger partial charge in [0.2, 0.25) is 6.41 Å². The fraction of sp³-hybridized carbons (Fsp3) is 0.500. The van der Waals surface area contributed by atoms with E-state index >= 15 is 0 Å². The van der Waals surface area contributed by atoms with Gasteiger partial charge in [0.15, 0.2) is 0 Å². The lowest BCUT2D eigenvalue weighted by molar-refractivity contribution is -0.207. The number of carbonyl (C=O) groups is 1. The minimum Gasteiger partial charge on any atom is -0.277 e. The molecule has 48 valence electrons. The molecule has 0 saturated heterocycles. The lowest BCUT2D eigenvalue weighted by Gasteiger charge is -2.03. The summed E-state index contributed by atoms with van der Waals surface area (Å²) < 4.78 is 22.5. The molecule has 6 heteroatoms. The second-order valence-corrected chi connectivity index (χ2v) is 1.22. The van der Waals surface area contributed by atoms with E-state index in [0.717, 1.165) is 0 Å². The highest BCUT2D eigenvalue weighted by molar-refractivity contribution is 6.20. The van der Waals surface area contributed by atoms with Crippen LogP contribution in [0.4, 0.5) is 8.78 Å². The zero-order valence-electron chi connectivity index (χ0n) is 3.53. The van der Waals surface area contributed by atoms with E-state index in [1.54, 1.807) is 0 Å². The molecule has 0 aliphatic heterocycles. The third kappa shape index (κ3) is 5.58. The molecule has 0 radical (unpaired) electrons. The van der Waals surface area contributed by atoms with E-state index in [0.29, 0.717) is 0 Å². The average molecular weight is 145 g/mol. The van der Waals surface area contributed by atoms with Gasteiger partial charge in [0.05, 0.1) is 0 Å². The average Bonchev–Trinajstić information content (AvgIpc) is 1.59. The molecule has 0 fully saturated rings. The molecule has 1 amide bonds. The van der Waals surface area contributed by atoms with Gasteiger partial charge >= 0.3 is 5.57 Å². The van der Waals surface area contributed by atoms with Crippen LogP contribution < -0.4 is 5.48 Å². The van der Waals surface area contributed by atoms with Gasteiger partial charge in [-0.1, -0.05) is 0 Å². The van der Waals surface area contributed by atoms with E-state index in [1.165, 1.54) is 5.48 Å². The number of hydrogen-bond donors (Lipinski definition) is 1. The second-order valence-electron chi connectivity index (χ2n) is 0.784. The van der Waals surface area contributed by atoms with Gasteiger partial charge in [-0.3, -0.25) is 4.79 Å². The van der Waals surface area contributed by atoms with Crippen molar-refractivity contribution in [1.29, 1.82) is 0 Å². The molecule has 0 atom stereocenters. The van der Waals surface area contributed by atoms with Crippen LogP contribution >= 0.6 is 11.6 Å². The summed E-state index contributed by atoms with van der Waals surface area (Å²) in [5, 5.41) is 0. The molecule has 0 unspecified atom stereocenters. The first kappa shape index (κ1) is 7.58. The summed E-state index contributed by atoms with van der Waals surface area (Å²) in [6.45, 7) is 0. The predicted octanol–water partition coefficient (Wildman–Crippen LogP) is 0.453. The first-order chi connectivity index (χ1) is 3.56. The number of rotatable bonds is 3. The Morgan fingerprint density at radius 2 is 2.25 bits per heavy atom. The van der Waals surface area contributed by atoms with Gasteiger partial charge in [-0.15, -0.1) is 0 Å². The smallest absolute Gasteiger partial charge is 0.277 e. The van der Waals surface area contributed by atoms with Crippen molar-refractivity contribution >= 4 is 18.0 Å². The highest BCUT2D eigenvalue weighted by Crippen LogP contribution is 2.17. The van der Waals surface area contributed by atoms with Gasteiger partial charge in [0, 0.05) is 0 Å². The lowest BCUT2D eigenvalue weighted by atomic mass is 11.4. The van der Waals surface area contributed by atoms with Crippen LogP contribution in [0.25, 0.3) is 0 Å². The van der Waals surface area contributed by atoms with Crippen molar-refractivity contribution in [3.05, 3.63) is 0 Å². The number of alkyl halides is 3. The maximum Gasteiger partial charge on any atom is 0.461 e. The first-order valence-corrected chi connectivity index (χ1v) is 1.88. The fourth-order valence-electron chi connectivity index (χ4n) is 0.0909. The summed E-state index contributed by atoms with van der Waals surface area (Å²) in [5.74, 6) is 0. The minimum atomic E-state index is -3.82. The third-order valence-corrected chi connectivity index (χ3v) is 0.300. The van der Waals surface area contributed by atoms with Crippen molar-refractivity contribution in [2.45, 2.75) is 5.57 Å². The van der Waals surface area contributed by atoms with Gasteiger partial charge in [-0.25, -0.2) is 5.48 Å². The molecule has 0 heterocycles. The lowest BCUT2D eigenvalue weighted by Crippen LogP contribution is -2.23. The molecular formula is C2H2ClF2NO2. The van der Waals surface area contributed by atoms with Crippen molar-refractivity contribution in [1.82, 2.24) is 5.48 Å². The molecule has 0 aliphatic rings. The van der Waals surface area contributed by atoms with Crippen molar-refractivity contribution in [2.75, 3.05) is 0 Å². The largest absolute Gasteiger partial charge is 0.461 e. The first-order valence-electron chi connectivity index (χ1n) is 1.50. The third-order valence-electron chi connectivity index (χ3n) is 0.223. The van der Waals surface area contributed by atoms with Crippen LogP contribution in [0.1, 0.15) is 0 Å². The summed E-state index contributed by atoms with van der Waals surface area (Å²) >= 11 is 4.13. The van der Waals surface area contributed by atoms with E-state index in [4.69, 9.17) is 0 Å². The maximum absolute atomic E-state index is 11.2. The van der Waals surface area contributed by atoms with Crippen LogP contribution in [-0.4, -0.2) is 12.0 Å². The van der Waals surface area contributed by atoms with Crippen LogP contribution in [0.2, 0.25) is 0 Å². The highest BCUT2D eigenvalue weighted by atomic mass is 35.5. The van der Waals surface area contributed by atoms with Crippen LogP contribution in [0.3, 0.4) is 0 Å². The van der Waals surface area contributed by atoms with E-state index in [2.05, 4.69) is 16.4 Å².